The molecule has 1 amide bonds. The van der Waals surface area contributed by atoms with E-state index in [9.17, 15) is 14.0 Å². The summed E-state index contributed by atoms with van der Waals surface area (Å²) in [6.07, 6.45) is 5.69. The van der Waals surface area contributed by atoms with Crippen LogP contribution in [0.15, 0.2) is 24.3 Å². The zero-order valence-corrected chi connectivity index (χ0v) is 16.7. The molecule has 2 aromatic rings. The number of ether oxygens (including phenoxy) is 1. The molecule has 1 aliphatic carbocycles. The maximum absolute atomic E-state index is 14.2. The summed E-state index contributed by atoms with van der Waals surface area (Å²) in [5, 5.41) is 2.98. The lowest BCUT2D eigenvalue weighted by Gasteiger charge is -2.14. The summed E-state index contributed by atoms with van der Waals surface area (Å²) in [5.41, 5.74) is 1.48. The van der Waals surface area contributed by atoms with Crippen molar-refractivity contribution in [2.24, 2.45) is 5.92 Å². The second-order valence-corrected chi connectivity index (χ2v) is 8.85. The molecule has 4 nitrogen and oxygen atoms in total. The van der Waals surface area contributed by atoms with Crippen molar-refractivity contribution in [1.82, 2.24) is 5.32 Å². The highest BCUT2D eigenvalue weighted by Gasteiger charge is 2.28. The Bertz CT molecular complexity index is 901. The number of ketones is 1. The van der Waals surface area contributed by atoms with Crippen molar-refractivity contribution >= 4 is 23.0 Å². The highest BCUT2D eigenvalue weighted by Crippen LogP contribution is 2.42. The van der Waals surface area contributed by atoms with Crippen molar-refractivity contribution < 1.29 is 18.7 Å². The Morgan fingerprint density at radius 2 is 2.04 bits per heavy atom. The lowest BCUT2D eigenvalue weighted by Crippen LogP contribution is -2.35. The van der Waals surface area contributed by atoms with E-state index in [2.05, 4.69) is 5.32 Å². The van der Waals surface area contributed by atoms with Gasteiger partial charge in [0.1, 0.15) is 17.7 Å². The summed E-state index contributed by atoms with van der Waals surface area (Å²) in [6.45, 7) is 1.94. The minimum absolute atomic E-state index is 0.00642. The van der Waals surface area contributed by atoms with Gasteiger partial charge in [-0.15, -0.1) is 11.3 Å². The van der Waals surface area contributed by atoms with E-state index in [-0.39, 0.29) is 23.6 Å². The van der Waals surface area contributed by atoms with Crippen LogP contribution < -0.4 is 10.1 Å². The third-order valence-electron chi connectivity index (χ3n) is 5.56. The van der Waals surface area contributed by atoms with Crippen molar-refractivity contribution in [3.8, 4) is 16.2 Å². The minimum Gasteiger partial charge on any atom is -0.487 e. The van der Waals surface area contributed by atoms with Crippen LogP contribution in [0.5, 0.6) is 5.75 Å². The number of hydrogen-bond donors (Lipinski definition) is 1. The first-order valence-corrected chi connectivity index (χ1v) is 10.7. The maximum Gasteiger partial charge on any atom is 0.220 e. The van der Waals surface area contributed by atoms with Gasteiger partial charge in [0.15, 0.2) is 5.78 Å². The smallest absolute Gasteiger partial charge is 0.220 e. The molecule has 0 radical (unpaired) electrons. The summed E-state index contributed by atoms with van der Waals surface area (Å²) in [5.74, 6) is 0.918. The number of benzene rings is 1. The van der Waals surface area contributed by atoms with Crippen molar-refractivity contribution in [3.63, 3.8) is 0 Å². The monoisotopic (exact) mass is 401 g/mol. The quantitative estimate of drug-likeness (QED) is 0.710. The third-order valence-corrected chi connectivity index (χ3v) is 6.78. The first kappa shape index (κ1) is 19.1. The van der Waals surface area contributed by atoms with Crippen LogP contribution in [0.1, 0.15) is 54.3 Å². The predicted molar refractivity (Wildman–Crippen MR) is 107 cm³/mol. The number of rotatable bonds is 6. The number of Topliss-reactive ketones (excluding diaryl/α,β-unsaturated/α-hetero) is 1. The van der Waals surface area contributed by atoms with Crippen molar-refractivity contribution in [3.05, 3.63) is 40.5 Å². The van der Waals surface area contributed by atoms with Crippen LogP contribution in [0.3, 0.4) is 0 Å². The molecular formula is C22H24FNO3S. The zero-order chi connectivity index (χ0) is 19.7. The van der Waals surface area contributed by atoms with E-state index in [4.69, 9.17) is 4.74 Å². The van der Waals surface area contributed by atoms with Crippen molar-refractivity contribution in [1.29, 1.82) is 0 Å². The molecule has 0 unspecified atom stereocenters. The molecule has 2 aliphatic rings. The Morgan fingerprint density at radius 1 is 1.25 bits per heavy atom. The van der Waals surface area contributed by atoms with Gasteiger partial charge in [-0.1, -0.05) is 12.8 Å². The first-order valence-electron chi connectivity index (χ1n) is 9.86. The average molecular weight is 402 g/mol. The maximum atomic E-state index is 14.2. The standard InChI is InChI=1S/C22H24FNO3S/c1-13(25)19-6-7-20(28-19)18-11-16(23)9-15-10-17(27-22(15)18)12-24-21(26)8-14-4-2-3-5-14/h6-7,9,11,14,17H,2-5,8,10,12H2,1H3,(H,24,26)/t17-/m1/s1. The molecule has 1 saturated carbocycles. The summed E-state index contributed by atoms with van der Waals surface area (Å²) in [4.78, 5) is 25.2. The summed E-state index contributed by atoms with van der Waals surface area (Å²) in [6, 6.07) is 6.54. The van der Waals surface area contributed by atoms with Gasteiger partial charge in [-0.3, -0.25) is 9.59 Å². The van der Waals surface area contributed by atoms with Gasteiger partial charge in [-0.05, 0) is 49.9 Å². The zero-order valence-electron chi connectivity index (χ0n) is 15.9. The fourth-order valence-corrected chi connectivity index (χ4v) is 5.05. The van der Waals surface area contributed by atoms with Crippen molar-refractivity contribution in [2.45, 2.75) is 51.6 Å². The molecule has 1 aromatic heterocycles. The molecule has 2 heterocycles. The van der Waals surface area contributed by atoms with Crippen LogP contribution in [0, 0.1) is 11.7 Å². The molecule has 1 N–H and O–H groups in total. The second kappa shape index (κ2) is 8.03. The number of thiophene rings is 1. The second-order valence-electron chi connectivity index (χ2n) is 7.76. The fraction of sp³-hybridized carbons (Fsp3) is 0.455. The number of nitrogens with one attached hydrogen (secondary N) is 1. The number of hydrogen-bond acceptors (Lipinski definition) is 4. The molecule has 4 rings (SSSR count). The average Bonchev–Trinajstić information content (AvgIpc) is 3.39. The molecule has 0 bridgehead atoms. The third kappa shape index (κ3) is 4.12. The molecule has 0 saturated heterocycles. The van der Waals surface area contributed by atoms with Gasteiger partial charge in [0.05, 0.1) is 11.4 Å². The number of carbonyl (C=O) groups excluding carboxylic acids is 2. The van der Waals surface area contributed by atoms with Crippen LogP contribution in [0.25, 0.3) is 10.4 Å². The van der Waals surface area contributed by atoms with Gasteiger partial charge >= 0.3 is 0 Å². The molecule has 1 aromatic carbocycles. The van der Waals surface area contributed by atoms with Gasteiger partial charge in [-0.2, -0.15) is 0 Å². The highest BCUT2D eigenvalue weighted by molar-refractivity contribution is 7.17. The summed E-state index contributed by atoms with van der Waals surface area (Å²) >= 11 is 1.34. The number of amides is 1. The number of carbonyl (C=O) groups is 2. The summed E-state index contributed by atoms with van der Waals surface area (Å²) < 4.78 is 20.2. The SMILES string of the molecule is CC(=O)c1ccc(-c2cc(F)cc3c2O[C@@H](CNC(=O)CC2CCCC2)C3)s1. The fourth-order valence-electron chi connectivity index (χ4n) is 4.14. The number of halogens is 1. The van der Waals surface area contributed by atoms with Crippen LogP contribution in [-0.4, -0.2) is 24.3 Å². The normalized spacial score (nSPS) is 18.7. The predicted octanol–water partition coefficient (Wildman–Crippen LogP) is 4.76. The Hall–Kier alpha value is -2.21. The Morgan fingerprint density at radius 3 is 2.75 bits per heavy atom. The van der Waals surface area contributed by atoms with E-state index in [1.807, 2.05) is 6.07 Å². The Balaban J connectivity index is 1.43. The van der Waals surface area contributed by atoms with Gasteiger partial charge in [0.25, 0.3) is 0 Å². The van der Waals surface area contributed by atoms with E-state index in [0.29, 0.717) is 41.5 Å². The Kier molecular flexibility index (Phi) is 5.49. The van der Waals surface area contributed by atoms with Crippen molar-refractivity contribution in [2.75, 3.05) is 6.54 Å². The van der Waals surface area contributed by atoms with Crippen LogP contribution in [0.4, 0.5) is 4.39 Å². The first-order chi connectivity index (χ1) is 13.5. The molecule has 6 heteroatoms. The van der Waals surface area contributed by atoms with E-state index < -0.39 is 0 Å². The van der Waals surface area contributed by atoms with Crippen LogP contribution in [-0.2, 0) is 11.2 Å². The highest BCUT2D eigenvalue weighted by atomic mass is 32.1. The van der Waals surface area contributed by atoms with Gasteiger partial charge < -0.3 is 10.1 Å². The molecule has 1 fully saturated rings. The Labute approximate surface area is 168 Å². The molecule has 1 aliphatic heterocycles. The van der Waals surface area contributed by atoms with Crippen LogP contribution >= 0.6 is 11.3 Å². The minimum atomic E-state index is -0.318. The lowest BCUT2D eigenvalue weighted by molar-refractivity contribution is -0.122. The molecule has 28 heavy (non-hydrogen) atoms. The van der Waals surface area contributed by atoms with Gasteiger partial charge in [0.2, 0.25) is 5.91 Å². The molecule has 1 atom stereocenters. The van der Waals surface area contributed by atoms with Gasteiger partial charge in [0, 0.05) is 28.8 Å². The van der Waals surface area contributed by atoms with E-state index in [0.717, 1.165) is 23.3 Å². The largest absolute Gasteiger partial charge is 0.487 e. The topological polar surface area (TPSA) is 55.4 Å². The molecular weight excluding hydrogens is 377 g/mol. The lowest BCUT2D eigenvalue weighted by atomic mass is 10.0. The van der Waals surface area contributed by atoms with E-state index in [1.54, 1.807) is 6.07 Å². The van der Waals surface area contributed by atoms with Crippen LogP contribution in [0.2, 0.25) is 0 Å². The van der Waals surface area contributed by atoms with Gasteiger partial charge in [-0.25, -0.2) is 4.39 Å². The molecule has 148 valence electrons. The molecule has 0 spiro atoms. The summed E-state index contributed by atoms with van der Waals surface area (Å²) in [7, 11) is 0. The van der Waals surface area contributed by atoms with E-state index in [1.165, 1.54) is 43.2 Å². The number of fused-ring (bicyclic) bond motifs is 1. The van der Waals surface area contributed by atoms with E-state index >= 15 is 0 Å².